The lowest BCUT2D eigenvalue weighted by molar-refractivity contribution is 0.411. The summed E-state index contributed by atoms with van der Waals surface area (Å²) < 4.78 is 7.21. The van der Waals surface area contributed by atoms with Gasteiger partial charge in [-0.05, 0) is 50.2 Å². The number of rotatable bonds is 2. The molecule has 0 heterocycles. The van der Waals surface area contributed by atoms with E-state index in [1.54, 1.807) is 18.9 Å². The lowest BCUT2D eigenvalue weighted by Gasteiger charge is -2.06. The molecule has 0 aliphatic carbocycles. The van der Waals surface area contributed by atoms with Crippen molar-refractivity contribution >= 4 is 43.6 Å². The van der Waals surface area contributed by atoms with Crippen LogP contribution in [0.15, 0.2) is 26.0 Å². The van der Waals surface area contributed by atoms with Crippen molar-refractivity contribution in [2.75, 3.05) is 13.4 Å². The lowest BCUT2D eigenvalue weighted by atomic mass is 10.3. The van der Waals surface area contributed by atoms with E-state index in [-0.39, 0.29) is 0 Å². The average Bonchev–Trinajstić information content (AvgIpc) is 2.05. The largest absolute Gasteiger partial charge is 0.496 e. The van der Waals surface area contributed by atoms with Crippen LogP contribution in [0, 0.1) is 0 Å². The van der Waals surface area contributed by atoms with Crippen molar-refractivity contribution in [2.24, 2.45) is 0 Å². The first-order valence-electron chi connectivity index (χ1n) is 3.26. The Labute approximate surface area is 93.1 Å². The molecule has 0 atom stereocenters. The van der Waals surface area contributed by atoms with Crippen LogP contribution in [0.5, 0.6) is 5.75 Å². The van der Waals surface area contributed by atoms with E-state index in [4.69, 9.17) is 4.74 Å². The Morgan fingerprint density at radius 1 is 1.25 bits per heavy atom. The van der Waals surface area contributed by atoms with E-state index in [1.165, 1.54) is 4.90 Å². The van der Waals surface area contributed by atoms with Gasteiger partial charge >= 0.3 is 0 Å². The summed E-state index contributed by atoms with van der Waals surface area (Å²) in [5, 5.41) is 0. The Kier molecular flexibility index (Phi) is 3.93. The summed E-state index contributed by atoms with van der Waals surface area (Å²) in [5.41, 5.74) is 0. The predicted octanol–water partition coefficient (Wildman–Crippen LogP) is 3.94. The summed E-state index contributed by atoms with van der Waals surface area (Å²) >= 11 is 8.56. The second-order valence-electron chi connectivity index (χ2n) is 2.12. The zero-order chi connectivity index (χ0) is 9.14. The maximum absolute atomic E-state index is 5.16. The molecule has 0 aromatic heterocycles. The summed E-state index contributed by atoms with van der Waals surface area (Å²) in [7, 11) is 1.66. The first kappa shape index (κ1) is 10.4. The summed E-state index contributed by atoms with van der Waals surface area (Å²) in [5.74, 6) is 0.863. The summed E-state index contributed by atoms with van der Waals surface area (Å²) in [6, 6.07) is 3.99. The van der Waals surface area contributed by atoms with Gasteiger partial charge in [-0.3, -0.25) is 0 Å². The van der Waals surface area contributed by atoms with Crippen molar-refractivity contribution in [1.82, 2.24) is 0 Å². The molecule has 0 spiro atoms. The van der Waals surface area contributed by atoms with Crippen LogP contribution >= 0.6 is 43.6 Å². The van der Waals surface area contributed by atoms with Gasteiger partial charge < -0.3 is 4.74 Å². The van der Waals surface area contributed by atoms with Gasteiger partial charge in [-0.15, -0.1) is 11.8 Å². The molecular formula is C8H8Br2OS. The van der Waals surface area contributed by atoms with Crippen LogP contribution in [-0.4, -0.2) is 13.4 Å². The quantitative estimate of drug-likeness (QED) is 0.765. The molecule has 0 radical (unpaired) electrons. The van der Waals surface area contributed by atoms with Crippen LogP contribution in [0.25, 0.3) is 0 Å². The summed E-state index contributed by atoms with van der Waals surface area (Å²) in [6.07, 6.45) is 2.04. The molecule has 1 aromatic rings. The topological polar surface area (TPSA) is 9.23 Å². The Morgan fingerprint density at radius 2 is 1.92 bits per heavy atom. The van der Waals surface area contributed by atoms with Crippen molar-refractivity contribution in [1.29, 1.82) is 0 Å². The minimum atomic E-state index is 0.863. The number of methoxy groups -OCH3 is 1. The van der Waals surface area contributed by atoms with Gasteiger partial charge in [0, 0.05) is 9.37 Å². The molecule has 0 saturated heterocycles. The fourth-order valence-corrected chi connectivity index (χ4v) is 2.94. The maximum atomic E-state index is 5.16. The third-order valence-electron chi connectivity index (χ3n) is 1.43. The van der Waals surface area contributed by atoms with Gasteiger partial charge in [0.15, 0.2) is 0 Å². The molecule has 1 aromatic carbocycles. The van der Waals surface area contributed by atoms with Crippen molar-refractivity contribution < 1.29 is 4.74 Å². The molecule has 0 bridgehead atoms. The Bertz CT molecular complexity index is 263. The zero-order valence-corrected chi connectivity index (χ0v) is 10.7. The summed E-state index contributed by atoms with van der Waals surface area (Å²) in [6.45, 7) is 0. The number of halogens is 2. The molecule has 66 valence electrons. The van der Waals surface area contributed by atoms with Gasteiger partial charge in [-0.25, -0.2) is 0 Å². The highest BCUT2D eigenvalue weighted by atomic mass is 79.9. The zero-order valence-electron chi connectivity index (χ0n) is 6.73. The van der Waals surface area contributed by atoms with E-state index in [2.05, 4.69) is 31.9 Å². The van der Waals surface area contributed by atoms with E-state index in [9.17, 15) is 0 Å². The second-order valence-corrected chi connectivity index (χ2v) is 4.68. The standard InChI is InChI=1S/C8H8Br2OS/c1-11-7-4-8(12-2)6(10)3-5(7)9/h3-4H,1-2H3. The van der Waals surface area contributed by atoms with Crippen molar-refractivity contribution in [2.45, 2.75) is 4.90 Å². The van der Waals surface area contributed by atoms with E-state index in [0.29, 0.717) is 0 Å². The second kappa shape index (κ2) is 4.53. The van der Waals surface area contributed by atoms with Crippen LogP contribution in [0.2, 0.25) is 0 Å². The monoisotopic (exact) mass is 310 g/mol. The average molecular weight is 312 g/mol. The normalized spacial score (nSPS) is 10.0. The molecule has 12 heavy (non-hydrogen) atoms. The Hall–Kier alpha value is 0.330. The molecule has 0 aliphatic rings. The molecule has 1 nitrogen and oxygen atoms in total. The molecule has 0 amide bonds. The number of hydrogen-bond donors (Lipinski definition) is 0. The van der Waals surface area contributed by atoms with E-state index in [1.807, 2.05) is 18.4 Å². The van der Waals surface area contributed by atoms with Crippen LogP contribution < -0.4 is 4.74 Å². The Morgan fingerprint density at radius 3 is 2.42 bits per heavy atom. The third kappa shape index (κ3) is 2.18. The molecule has 0 saturated carbocycles. The maximum Gasteiger partial charge on any atom is 0.134 e. The van der Waals surface area contributed by atoms with Gasteiger partial charge in [0.2, 0.25) is 0 Å². The molecule has 0 fully saturated rings. The van der Waals surface area contributed by atoms with Crippen LogP contribution in [0.3, 0.4) is 0 Å². The summed E-state index contributed by atoms with van der Waals surface area (Å²) in [4.78, 5) is 1.18. The van der Waals surface area contributed by atoms with Crippen LogP contribution in [0.4, 0.5) is 0 Å². The van der Waals surface area contributed by atoms with E-state index < -0.39 is 0 Å². The number of ether oxygens (including phenoxy) is 1. The third-order valence-corrected chi connectivity index (χ3v) is 3.74. The van der Waals surface area contributed by atoms with Crippen molar-refractivity contribution in [3.05, 3.63) is 21.1 Å². The molecule has 0 unspecified atom stereocenters. The minimum Gasteiger partial charge on any atom is -0.496 e. The fourth-order valence-electron chi connectivity index (χ4n) is 0.823. The van der Waals surface area contributed by atoms with E-state index in [0.717, 1.165) is 14.7 Å². The smallest absolute Gasteiger partial charge is 0.134 e. The molecule has 0 aliphatic heterocycles. The highest BCUT2D eigenvalue weighted by molar-refractivity contribution is 9.11. The first-order valence-corrected chi connectivity index (χ1v) is 6.07. The van der Waals surface area contributed by atoms with Gasteiger partial charge in [0.1, 0.15) is 5.75 Å². The number of thioether (sulfide) groups is 1. The molecule has 1 rings (SSSR count). The molecule has 4 heteroatoms. The van der Waals surface area contributed by atoms with Crippen LogP contribution in [-0.2, 0) is 0 Å². The van der Waals surface area contributed by atoms with Gasteiger partial charge in [0.05, 0.1) is 11.6 Å². The van der Waals surface area contributed by atoms with Gasteiger partial charge in [-0.2, -0.15) is 0 Å². The predicted molar refractivity (Wildman–Crippen MR) is 60.2 cm³/mol. The van der Waals surface area contributed by atoms with Gasteiger partial charge in [0.25, 0.3) is 0 Å². The highest BCUT2D eigenvalue weighted by Crippen LogP contribution is 2.35. The minimum absolute atomic E-state index is 0.863. The molecular weight excluding hydrogens is 304 g/mol. The Balaban J connectivity index is 3.18. The van der Waals surface area contributed by atoms with Gasteiger partial charge in [-0.1, -0.05) is 0 Å². The van der Waals surface area contributed by atoms with Crippen molar-refractivity contribution in [3.63, 3.8) is 0 Å². The SMILES string of the molecule is COc1cc(SC)c(Br)cc1Br. The number of benzene rings is 1. The lowest BCUT2D eigenvalue weighted by Crippen LogP contribution is -1.85. The first-order chi connectivity index (χ1) is 5.69. The van der Waals surface area contributed by atoms with Crippen LogP contribution in [0.1, 0.15) is 0 Å². The highest BCUT2D eigenvalue weighted by Gasteiger charge is 2.05. The van der Waals surface area contributed by atoms with Crippen molar-refractivity contribution in [3.8, 4) is 5.75 Å². The fraction of sp³-hybridized carbons (Fsp3) is 0.250. The number of hydrogen-bond acceptors (Lipinski definition) is 2. The molecule has 0 N–H and O–H groups in total. The van der Waals surface area contributed by atoms with E-state index >= 15 is 0 Å².